The van der Waals surface area contributed by atoms with Crippen LogP contribution in [0.4, 0.5) is 13.2 Å². The SMILES string of the molecule is CCS(=O)(=O)c1cc(C(=O)OCc2ccccc2)cnc1-c1nc2cc(C(F)(F)F)cnc2n1C. The molecule has 8 nitrogen and oxygen atoms in total. The van der Waals surface area contributed by atoms with Crippen molar-refractivity contribution in [3.63, 3.8) is 0 Å². The number of esters is 1. The number of benzene rings is 1. The van der Waals surface area contributed by atoms with Crippen LogP contribution in [0.3, 0.4) is 0 Å². The van der Waals surface area contributed by atoms with Crippen molar-refractivity contribution in [3.05, 3.63) is 71.5 Å². The first-order valence-electron chi connectivity index (χ1n) is 10.3. The van der Waals surface area contributed by atoms with Gasteiger partial charge in [0.05, 0.1) is 21.8 Å². The summed E-state index contributed by atoms with van der Waals surface area (Å²) >= 11 is 0. The number of hydrogen-bond acceptors (Lipinski definition) is 7. The minimum absolute atomic E-state index is 0.0111. The van der Waals surface area contributed by atoms with E-state index < -0.39 is 27.5 Å². The second-order valence-corrected chi connectivity index (χ2v) is 9.84. The largest absolute Gasteiger partial charge is 0.457 e. The van der Waals surface area contributed by atoms with Gasteiger partial charge >= 0.3 is 12.1 Å². The molecule has 0 saturated carbocycles. The van der Waals surface area contributed by atoms with Gasteiger partial charge in [0.15, 0.2) is 21.3 Å². The smallest absolute Gasteiger partial charge is 0.417 e. The van der Waals surface area contributed by atoms with Crippen molar-refractivity contribution >= 4 is 27.0 Å². The molecule has 4 rings (SSSR count). The third kappa shape index (κ3) is 4.87. The van der Waals surface area contributed by atoms with Crippen molar-refractivity contribution in [2.75, 3.05) is 5.75 Å². The molecule has 0 N–H and O–H groups in total. The maximum Gasteiger partial charge on any atom is 0.417 e. The predicted octanol–water partition coefficient (Wildman–Crippen LogP) is 4.20. The van der Waals surface area contributed by atoms with E-state index in [2.05, 4.69) is 15.0 Å². The topological polar surface area (TPSA) is 104 Å². The van der Waals surface area contributed by atoms with Crippen LogP contribution in [0.2, 0.25) is 0 Å². The number of ether oxygens (including phenoxy) is 1. The van der Waals surface area contributed by atoms with E-state index in [0.29, 0.717) is 6.20 Å². The average molecular weight is 504 g/mol. The molecule has 0 atom stereocenters. The number of rotatable bonds is 6. The maximum atomic E-state index is 13.1. The highest BCUT2D eigenvalue weighted by Gasteiger charge is 2.32. The zero-order chi connectivity index (χ0) is 25.4. The van der Waals surface area contributed by atoms with Gasteiger partial charge in [-0.05, 0) is 17.7 Å². The van der Waals surface area contributed by atoms with Gasteiger partial charge in [0.2, 0.25) is 0 Å². The van der Waals surface area contributed by atoms with Gasteiger partial charge in [-0.15, -0.1) is 0 Å². The number of imidazole rings is 1. The molecule has 35 heavy (non-hydrogen) atoms. The Kier molecular flexibility index (Phi) is 6.32. The molecule has 0 aliphatic carbocycles. The zero-order valence-electron chi connectivity index (χ0n) is 18.6. The van der Waals surface area contributed by atoms with Crippen LogP contribution in [-0.4, -0.2) is 39.7 Å². The van der Waals surface area contributed by atoms with Crippen molar-refractivity contribution in [2.24, 2.45) is 7.05 Å². The van der Waals surface area contributed by atoms with Crippen LogP contribution < -0.4 is 0 Å². The molecule has 0 radical (unpaired) electrons. The van der Waals surface area contributed by atoms with Gasteiger partial charge in [-0.25, -0.2) is 23.2 Å². The normalized spacial score (nSPS) is 12.1. The number of nitrogens with zero attached hydrogens (tertiary/aromatic N) is 4. The first kappa shape index (κ1) is 24.3. The van der Waals surface area contributed by atoms with Gasteiger partial charge in [0.1, 0.15) is 17.8 Å². The lowest BCUT2D eigenvalue weighted by molar-refractivity contribution is -0.137. The Morgan fingerprint density at radius 1 is 1.09 bits per heavy atom. The summed E-state index contributed by atoms with van der Waals surface area (Å²) in [5.74, 6) is -1.09. The van der Waals surface area contributed by atoms with Crippen molar-refractivity contribution in [2.45, 2.75) is 24.6 Å². The minimum atomic E-state index is -4.62. The lowest BCUT2D eigenvalue weighted by atomic mass is 10.2. The number of pyridine rings is 2. The molecular weight excluding hydrogens is 485 g/mol. The van der Waals surface area contributed by atoms with Gasteiger partial charge in [-0.1, -0.05) is 37.3 Å². The number of aryl methyl sites for hydroxylation is 1. The van der Waals surface area contributed by atoms with Crippen LogP contribution in [0.1, 0.15) is 28.4 Å². The fraction of sp³-hybridized carbons (Fsp3) is 0.217. The molecule has 3 heterocycles. The highest BCUT2D eigenvalue weighted by atomic mass is 32.2. The Morgan fingerprint density at radius 2 is 1.80 bits per heavy atom. The molecule has 0 amide bonds. The summed E-state index contributed by atoms with van der Waals surface area (Å²) in [5, 5.41) is 0. The van der Waals surface area contributed by atoms with Crippen LogP contribution in [-0.2, 0) is 34.4 Å². The van der Waals surface area contributed by atoms with Crippen LogP contribution in [0, 0.1) is 0 Å². The summed E-state index contributed by atoms with van der Waals surface area (Å²) in [7, 11) is -2.43. The van der Waals surface area contributed by atoms with Crippen molar-refractivity contribution in [3.8, 4) is 11.5 Å². The zero-order valence-corrected chi connectivity index (χ0v) is 19.4. The molecule has 0 unspecified atom stereocenters. The van der Waals surface area contributed by atoms with Crippen LogP contribution in [0.15, 0.2) is 59.8 Å². The van der Waals surface area contributed by atoms with E-state index >= 15 is 0 Å². The standard InChI is InChI=1S/C23H19F3N4O4S/c1-3-35(32,33)18-9-15(22(31)34-13-14-7-5-4-6-8-14)11-27-19(18)21-29-17-10-16(23(24,25)26)12-28-20(17)30(21)2/h4-12H,3,13H2,1-2H3. The number of carbonyl (C=O) groups excluding carboxylic acids is 1. The molecular formula is C23H19F3N4O4S. The highest BCUT2D eigenvalue weighted by Crippen LogP contribution is 2.33. The lowest BCUT2D eigenvalue weighted by Gasteiger charge is -2.11. The molecule has 182 valence electrons. The number of alkyl halides is 3. The van der Waals surface area contributed by atoms with E-state index in [0.717, 1.165) is 23.9 Å². The van der Waals surface area contributed by atoms with E-state index in [9.17, 15) is 26.4 Å². The third-order valence-electron chi connectivity index (χ3n) is 5.26. The second kappa shape index (κ2) is 9.10. The van der Waals surface area contributed by atoms with Gasteiger partial charge in [-0.3, -0.25) is 4.98 Å². The third-order valence-corrected chi connectivity index (χ3v) is 7.01. The minimum Gasteiger partial charge on any atom is -0.457 e. The Labute approximate surface area is 198 Å². The van der Waals surface area contributed by atoms with Gasteiger partial charge in [0, 0.05) is 19.4 Å². The molecule has 0 spiro atoms. The van der Waals surface area contributed by atoms with Gasteiger partial charge in [-0.2, -0.15) is 13.2 Å². The summed E-state index contributed by atoms with van der Waals surface area (Å²) in [5.41, 5.74) is -0.405. The number of hydrogen-bond donors (Lipinski definition) is 0. The molecule has 3 aromatic heterocycles. The number of sulfone groups is 1. The number of halogens is 3. The molecule has 0 bridgehead atoms. The first-order valence-corrected chi connectivity index (χ1v) is 12.0. The first-order chi connectivity index (χ1) is 16.5. The Balaban J connectivity index is 1.77. The monoisotopic (exact) mass is 504 g/mol. The molecule has 12 heteroatoms. The van der Waals surface area contributed by atoms with E-state index in [1.54, 1.807) is 24.3 Å². The molecule has 1 aromatic carbocycles. The molecule has 0 fully saturated rings. The maximum absolute atomic E-state index is 13.1. The van der Waals surface area contributed by atoms with Crippen LogP contribution >= 0.6 is 0 Å². The Morgan fingerprint density at radius 3 is 2.46 bits per heavy atom. The predicted molar refractivity (Wildman–Crippen MR) is 120 cm³/mol. The average Bonchev–Trinajstić information content (AvgIpc) is 3.18. The highest BCUT2D eigenvalue weighted by molar-refractivity contribution is 7.91. The number of fused-ring (bicyclic) bond motifs is 1. The van der Waals surface area contributed by atoms with Crippen LogP contribution in [0.5, 0.6) is 0 Å². The molecule has 4 aromatic rings. The second-order valence-electron chi connectivity index (χ2n) is 7.59. The van der Waals surface area contributed by atoms with Crippen molar-refractivity contribution in [1.82, 2.24) is 19.5 Å². The van der Waals surface area contributed by atoms with Crippen molar-refractivity contribution in [1.29, 1.82) is 0 Å². The lowest BCUT2D eigenvalue weighted by Crippen LogP contribution is -2.12. The van der Waals surface area contributed by atoms with E-state index in [4.69, 9.17) is 4.74 Å². The Bertz CT molecular complexity index is 1520. The van der Waals surface area contributed by atoms with E-state index in [-0.39, 0.29) is 45.5 Å². The summed E-state index contributed by atoms with van der Waals surface area (Å²) in [6.07, 6.45) is -2.79. The summed E-state index contributed by atoms with van der Waals surface area (Å²) in [4.78, 5) is 24.4. The van der Waals surface area contributed by atoms with Gasteiger partial charge in [0.25, 0.3) is 0 Å². The summed E-state index contributed by atoms with van der Waals surface area (Å²) in [6.45, 7) is 1.40. The summed E-state index contributed by atoms with van der Waals surface area (Å²) in [6, 6.07) is 10.9. The van der Waals surface area contributed by atoms with E-state index in [1.165, 1.54) is 18.5 Å². The Hall–Kier alpha value is -3.80. The number of aromatic nitrogens is 4. The fourth-order valence-electron chi connectivity index (χ4n) is 3.37. The van der Waals surface area contributed by atoms with Gasteiger partial charge < -0.3 is 9.30 Å². The van der Waals surface area contributed by atoms with Crippen LogP contribution in [0.25, 0.3) is 22.7 Å². The van der Waals surface area contributed by atoms with Crippen molar-refractivity contribution < 1.29 is 31.1 Å². The molecule has 0 aliphatic rings. The van der Waals surface area contributed by atoms with E-state index in [1.807, 2.05) is 6.07 Å². The fourth-order valence-corrected chi connectivity index (χ4v) is 4.42. The summed E-state index contributed by atoms with van der Waals surface area (Å²) < 4.78 is 71.6. The molecule has 0 saturated heterocycles. The quantitative estimate of drug-likeness (QED) is 0.363. The number of carbonyl (C=O) groups is 1. The molecule has 0 aliphatic heterocycles.